The third kappa shape index (κ3) is 2.01. The maximum Gasteiger partial charge on any atom is 0.326 e. The molecule has 1 aromatic carbocycles. The fourth-order valence-corrected chi connectivity index (χ4v) is 2.63. The Morgan fingerprint density at radius 2 is 2.26 bits per heavy atom. The quantitative estimate of drug-likeness (QED) is 0.901. The summed E-state index contributed by atoms with van der Waals surface area (Å²) in [7, 11) is 0. The summed E-state index contributed by atoms with van der Waals surface area (Å²) in [6.45, 7) is 0.638. The van der Waals surface area contributed by atoms with Crippen LogP contribution in [0.15, 0.2) is 30.5 Å². The van der Waals surface area contributed by atoms with Gasteiger partial charge in [0.2, 0.25) is 0 Å². The summed E-state index contributed by atoms with van der Waals surface area (Å²) >= 11 is 0. The second-order valence-corrected chi connectivity index (χ2v) is 4.69. The molecular formula is C14H13FN2O2. The number of pyridine rings is 1. The molecule has 5 heteroatoms. The van der Waals surface area contributed by atoms with Crippen molar-refractivity contribution in [3.63, 3.8) is 0 Å². The van der Waals surface area contributed by atoms with Gasteiger partial charge in [-0.1, -0.05) is 6.07 Å². The minimum Gasteiger partial charge on any atom is -0.480 e. The smallest absolute Gasteiger partial charge is 0.326 e. The number of nitrogens with zero attached hydrogens (tertiary/aromatic N) is 2. The molecule has 19 heavy (non-hydrogen) atoms. The van der Waals surface area contributed by atoms with Crippen LogP contribution in [0.25, 0.3) is 10.8 Å². The first kappa shape index (κ1) is 11.9. The molecule has 0 spiro atoms. The topological polar surface area (TPSA) is 53.4 Å². The highest BCUT2D eigenvalue weighted by atomic mass is 19.1. The van der Waals surface area contributed by atoms with Gasteiger partial charge in [-0.25, -0.2) is 14.2 Å². The fourth-order valence-electron chi connectivity index (χ4n) is 2.63. The number of aliphatic carboxylic acids is 1. The number of fused-ring (bicyclic) bond motifs is 1. The van der Waals surface area contributed by atoms with Gasteiger partial charge in [-0.3, -0.25) is 0 Å². The van der Waals surface area contributed by atoms with Crippen LogP contribution in [0.4, 0.5) is 10.2 Å². The lowest BCUT2D eigenvalue weighted by Crippen LogP contribution is -2.36. The normalized spacial score (nSPS) is 19.0. The maximum atomic E-state index is 13.4. The van der Waals surface area contributed by atoms with E-state index in [4.69, 9.17) is 0 Å². The lowest BCUT2D eigenvalue weighted by molar-refractivity contribution is -0.138. The van der Waals surface area contributed by atoms with Gasteiger partial charge in [0.15, 0.2) is 0 Å². The Labute approximate surface area is 109 Å². The largest absolute Gasteiger partial charge is 0.480 e. The van der Waals surface area contributed by atoms with Crippen LogP contribution in [0.3, 0.4) is 0 Å². The number of carboxylic acids is 1. The fraction of sp³-hybridized carbons (Fsp3) is 0.286. The van der Waals surface area contributed by atoms with Gasteiger partial charge in [0, 0.05) is 18.1 Å². The molecule has 0 aliphatic carbocycles. The van der Waals surface area contributed by atoms with Crippen LogP contribution in [0.5, 0.6) is 0 Å². The molecule has 1 saturated heterocycles. The van der Waals surface area contributed by atoms with E-state index >= 15 is 0 Å². The van der Waals surface area contributed by atoms with Crippen molar-refractivity contribution in [1.82, 2.24) is 4.98 Å². The first-order valence-corrected chi connectivity index (χ1v) is 6.20. The van der Waals surface area contributed by atoms with E-state index < -0.39 is 12.0 Å². The number of aromatic nitrogens is 1. The zero-order valence-electron chi connectivity index (χ0n) is 10.2. The molecule has 4 nitrogen and oxygen atoms in total. The monoisotopic (exact) mass is 260 g/mol. The highest BCUT2D eigenvalue weighted by Gasteiger charge is 2.32. The highest BCUT2D eigenvalue weighted by molar-refractivity contribution is 5.94. The van der Waals surface area contributed by atoms with Crippen LogP contribution in [-0.2, 0) is 4.79 Å². The summed E-state index contributed by atoms with van der Waals surface area (Å²) < 4.78 is 13.4. The SMILES string of the molecule is O=C(O)[C@@H]1CCCN1c1nccc2ccc(F)cc12. The maximum absolute atomic E-state index is 13.4. The molecule has 0 saturated carbocycles. The first-order chi connectivity index (χ1) is 9.16. The van der Waals surface area contributed by atoms with Crippen LogP contribution in [0.1, 0.15) is 12.8 Å². The minimum atomic E-state index is -0.854. The summed E-state index contributed by atoms with van der Waals surface area (Å²) in [4.78, 5) is 17.3. The Balaban J connectivity index is 2.14. The Kier molecular flexibility index (Phi) is 2.81. The van der Waals surface area contributed by atoms with E-state index in [1.54, 1.807) is 23.2 Å². The van der Waals surface area contributed by atoms with Gasteiger partial charge in [0.1, 0.15) is 17.7 Å². The van der Waals surface area contributed by atoms with Gasteiger partial charge < -0.3 is 10.0 Å². The molecule has 3 rings (SSSR count). The number of halogens is 1. The van der Waals surface area contributed by atoms with Crippen molar-refractivity contribution in [2.45, 2.75) is 18.9 Å². The minimum absolute atomic E-state index is 0.340. The standard InChI is InChI=1S/C14H13FN2O2/c15-10-4-3-9-5-6-16-13(11(9)8-10)17-7-1-2-12(17)14(18)19/h3-6,8,12H,1-2,7H2,(H,18,19)/t12-/m0/s1. The molecule has 1 atom stereocenters. The number of rotatable bonds is 2. The van der Waals surface area contributed by atoms with E-state index in [-0.39, 0.29) is 5.82 Å². The van der Waals surface area contributed by atoms with Crippen molar-refractivity contribution in [3.05, 3.63) is 36.3 Å². The number of anilines is 1. The third-order valence-corrected chi connectivity index (χ3v) is 3.52. The van der Waals surface area contributed by atoms with Gasteiger partial charge in [0.25, 0.3) is 0 Å². The average molecular weight is 260 g/mol. The zero-order valence-corrected chi connectivity index (χ0v) is 10.2. The van der Waals surface area contributed by atoms with Crippen molar-refractivity contribution in [2.75, 3.05) is 11.4 Å². The van der Waals surface area contributed by atoms with Gasteiger partial charge in [0.05, 0.1) is 0 Å². The van der Waals surface area contributed by atoms with Gasteiger partial charge in [-0.2, -0.15) is 0 Å². The van der Waals surface area contributed by atoms with Crippen LogP contribution in [-0.4, -0.2) is 28.6 Å². The Morgan fingerprint density at radius 1 is 1.42 bits per heavy atom. The second kappa shape index (κ2) is 4.50. The lowest BCUT2D eigenvalue weighted by atomic mass is 10.1. The summed E-state index contributed by atoms with van der Waals surface area (Å²) in [5.74, 6) is -0.637. The van der Waals surface area contributed by atoms with Crippen molar-refractivity contribution >= 4 is 22.6 Å². The first-order valence-electron chi connectivity index (χ1n) is 6.20. The molecule has 1 N–H and O–H groups in total. The van der Waals surface area contributed by atoms with Gasteiger partial charge in [-0.15, -0.1) is 0 Å². The Bertz CT molecular complexity index is 644. The summed E-state index contributed by atoms with van der Waals surface area (Å²) in [5.41, 5.74) is 0. The van der Waals surface area contributed by atoms with Crippen LogP contribution >= 0.6 is 0 Å². The molecule has 1 aromatic heterocycles. The van der Waals surface area contributed by atoms with E-state index in [2.05, 4.69) is 4.98 Å². The van der Waals surface area contributed by atoms with Crippen molar-refractivity contribution in [3.8, 4) is 0 Å². The molecule has 1 fully saturated rings. The number of hydrogen-bond acceptors (Lipinski definition) is 3. The molecule has 0 amide bonds. The van der Waals surface area contributed by atoms with E-state index in [1.165, 1.54) is 12.1 Å². The molecule has 0 unspecified atom stereocenters. The Morgan fingerprint density at radius 3 is 3.05 bits per heavy atom. The van der Waals surface area contributed by atoms with Crippen molar-refractivity contribution in [1.29, 1.82) is 0 Å². The summed E-state index contributed by atoms with van der Waals surface area (Å²) in [5, 5.41) is 10.8. The third-order valence-electron chi connectivity index (χ3n) is 3.52. The van der Waals surface area contributed by atoms with E-state index in [1.807, 2.05) is 0 Å². The van der Waals surface area contributed by atoms with E-state index in [0.29, 0.717) is 24.2 Å². The number of carbonyl (C=O) groups is 1. The van der Waals surface area contributed by atoms with Crippen molar-refractivity contribution in [2.24, 2.45) is 0 Å². The average Bonchev–Trinajstić information content (AvgIpc) is 2.87. The summed E-state index contributed by atoms with van der Waals surface area (Å²) in [6.07, 6.45) is 3.04. The highest BCUT2D eigenvalue weighted by Crippen LogP contribution is 2.30. The summed E-state index contributed by atoms with van der Waals surface area (Å²) in [6, 6.07) is 5.72. The number of carboxylic acid groups (broad SMARTS) is 1. The van der Waals surface area contributed by atoms with E-state index in [0.717, 1.165) is 11.8 Å². The van der Waals surface area contributed by atoms with Crippen molar-refractivity contribution < 1.29 is 14.3 Å². The molecular weight excluding hydrogens is 247 g/mol. The van der Waals surface area contributed by atoms with Crippen LogP contribution in [0, 0.1) is 5.82 Å². The molecule has 1 aliphatic heterocycles. The molecule has 2 aromatic rings. The molecule has 0 bridgehead atoms. The molecule has 98 valence electrons. The van der Waals surface area contributed by atoms with Crippen LogP contribution in [0.2, 0.25) is 0 Å². The molecule has 2 heterocycles. The molecule has 0 radical (unpaired) electrons. The number of hydrogen-bond donors (Lipinski definition) is 1. The zero-order chi connectivity index (χ0) is 13.4. The van der Waals surface area contributed by atoms with Crippen LogP contribution < -0.4 is 4.90 Å². The predicted molar refractivity (Wildman–Crippen MR) is 69.7 cm³/mol. The van der Waals surface area contributed by atoms with Gasteiger partial charge in [-0.05, 0) is 36.4 Å². The lowest BCUT2D eigenvalue weighted by Gasteiger charge is -2.23. The Hall–Kier alpha value is -2.17. The second-order valence-electron chi connectivity index (χ2n) is 4.69. The van der Waals surface area contributed by atoms with E-state index in [9.17, 15) is 14.3 Å². The molecule has 1 aliphatic rings. The predicted octanol–water partition coefficient (Wildman–Crippen LogP) is 2.43. The number of benzene rings is 1. The van der Waals surface area contributed by atoms with Gasteiger partial charge >= 0.3 is 5.97 Å².